The smallest absolute Gasteiger partial charge is 0.305 e. The molecule has 0 spiro atoms. The van der Waals surface area contributed by atoms with Crippen molar-refractivity contribution in [3.63, 3.8) is 0 Å². The monoisotopic (exact) mass is 215 g/mol. The molecule has 2 unspecified atom stereocenters. The summed E-state index contributed by atoms with van der Waals surface area (Å²) in [6.45, 7) is 2.29. The van der Waals surface area contributed by atoms with Gasteiger partial charge in [-0.3, -0.25) is 9.59 Å². The summed E-state index contributed by atoms with van der Waals surface area (Å²) in [6.07, 6.45) is 2.26. The summed E-state index contributed by atoms with van der Waals surface area (Å²) >= 11 is 0. The van der Waals surface area contributed by atoms with Crippen molar-refractivity contribution in [2.75, 3.05) is 6.61 Å². The van der Waals surface area contributed by atoms with Gasteiger partial charge in [0.2, 0.25) is 5.91 Å². The Labute approximate surface area is 88.8 Å². The van der Waals surface area contributed by atoms with Crippen LogP contribution < -0.4 is 5.32 Å². The molecule has 0 aromatic rings. The van der Waals surface area contributed by atoms with Crippen LogP contribution in [0.1, 0.15) is 32.6 Å². The lowest BCUT2D eigenvalue weighted by Crippen LogP contribution is -2.43. The van der Waals surface area contributed by atoms with Crippen molar-refractivity contribution in [1.82, 2.24) is 5.32 Å². The van der Waals surface area contributed by atoms with E-state index in [-0.39, 0.29) is 18.4 Å². The van der Waals surface area contributed by atoms with Gasteiger partial charge >= 0.3 is 5.97 Å². The molecule has 0 aromatic carbocycles. The van der Waals surface area contributed by atoms with Crippen LogP contribution in [0.15, 0.2) is 0 Å². The van der Waals surface area contributed by atoms with Crippen LogP contribution >= 0.6 is 0 Å². The van der Waals surface area contributed by atoms with Gasteiger partial charge in [-0.2, -0.15) is 0 Å². The van der Waals surface area contributed by atoms with Crippen molar-refractivity contribution >= 4 is 11.9 Å². The Balaban J connectivity index is 2.30. The molecule has 15 heavy (non-hydrogen) atoms. The van der Waals surface area contributed by atoms with Gasteiger partial charge in [0.1, 0.15) is 6.10 Å². The average molecular weight is 215 g/mol. The second-order valence-corrected chi connectivity index (χ2v) is 3.86. The predicted octanol–water partition coefficient (Wildman–Crippen LogP) is 0.535. The Kier molecular flexibility index (Phi) is 4.55. The van der Waals surface area contributed by atoms with E-state index in [1.807, 2.05) is 0 Å². The standard InChI is InChI=1S/C10H17NO4/c1-7(6-9(12)13)11-10(14)8-4-2-3-5-15-8/h7-8H,2-6H2,1H3,(H,11,14)(H,12,13). The minimum atomic E-state index is -0.910. The van der Waals surface area contributed by atoms with Crippen LogP contribution in [0.4, 0.5) is 0 Å². The molecule has 1 saturated heterocycles. The molecule has 1 heterocycles. The fourth-order valence-corrected chi connectivity index (χ4v) is 1.60. The first-order valence-electron chi connectivity index (χ1n) is 5.23. The van der Waals surface area contributed by atoms with Gasteiger partial charge in [0.25, 0.3) is 0 Å². The van der Waals surface area contributed by atoms with E-state index in [2.05, 4.69) is 5.32 Å². The fraction of sp³-hybridized carbons (Fsp3) is 0.800. The third-order valence-corrected chi connectivity index (χ3v) is 2.34. The fourth-order valence-electron chi connectivity index (χ4n) is 1.60. The summed E-state index contributed by atoms with van der Waals surface area (Å²) in [7, 11) is 0. The molecule has 0 aliphatic carbocycles. The molecule has 1 amide bonds. The number of hydrogen-bond donors (Lipinski definition) is 2. The number of rotatable bonds is 4. The average Bonchev–Trinajstić information content (AvgIpc) is 2.17. The highest BCUT2D eigenvalue weighted by molar-refractivity contribution is 5.81. The number of nitrogens with one attached hydrogen (secondary N) is 1. The molecule has 0 aromatic heterocycles. The van der Waals surface area contributed by atoms with Crippen LogP contribution in [0.2, 0.25) is 0 Å². The molecule has 0 radical (unpaired) electrons. The second-order valence-electron chi connectivity index (χ2n) is 3.86. The van der Waals surface area contributed by atoms with Crippen LogP contribution in [-0.2, 0) is 14.3 Å². The topological polar surface area (TPSA) is 75.6 Å². The van der Waals surface area contributed by atoms with Gasteiger partial charge in [-0.25, -0.2) is 0 Å². The molecular weight excluding hydrogens is 198 g/mol. The van der Waals surface area contributed by atoms with Crippen molar-refractivity contribution < 1.29 is 19.4 Å². The lowest BCUT2D eigenvalue weighted by atomic mass is 10.1. The van der Waals surface area contributed by atoms with E-state index < -0.39 is 12.1 Å². The summed E-state index contributed by atoms with van der Waals surface area (Å²) in [6, 6.07) is -0.347. The predicted molar refractivity (Wildman–Crippen MR) is 53.4 cm³/mol. The third-order valence-electron chi connectivity index (χ3n) is 2.34. The first kappa shape index (κ1) is 12.0. The summed E-state index contributed by atoms with van der Waals surface area (Å²) < 4.78 is 5.29. The van der Waals surface area contributed by atoms with Crippen LogP contribution in [-0.4, -0.2) is 35.7 Å². The Morgan fingerprint density at radius 1 is 1.53 bits per heavy atom. The minimum Gasteiger partial charge on any atom is -0.481 e. The van der Waals surface area contributed by atoms with Crippen molar-refractivity contribution in [2.45, 2.75) is 44.8 Å². The van der Waals surface area contributed by atoms with Crippen LogP contribution in [0.25, 0.3) is 0 Å². The minimum absolute atomic E-state index is 0.0571. The maximum atomic E-state index is 11.6. The molecule has 1 rings (SSSR count). The molecule has 86 valence electrons. The number of aliphatic carboxylic acids is 1. The highest BCUT2D eigenvalue weighted by atomic mass is 16.5. The quantitative estimate of drug-likeness (QED) is 0.717. The van der Waals surface area contributed by atoms with Crippen molar-refractivity contribution in [2.24, 2.45) is 0 Å². The van der Waals surface area contributed by atoms with E-state index in [1.165, 1.54) is 0 Å². The van der Waals surface area contributed by atoms with E-state index in [1.54, 1.807) is 6.92 Å². The summed E-state index contributed by atoms with van der Waals surface area (Å²) in [5.41, 5.74) is 0. The Hall–Kier alpha value is -1.10. The number of hydrogen-bond acceptors (Lipinski definition) is 3. The lowest BCUT2D eigenvalue weighted by molar-refractivity contribution is -0.139. The third kappa shape index (κ3) is 4.29. The zero-order chi connectivity index (χ0) is 11.3. The van der Waals surface area contributed by atoms with Crippen LogP contribution in [0.5, 0.6) is 0 Å². The summed E-state index contributed by atoms with van der Waals surface area (Å²) in [5, 5.41) is 11.2. The zero-order valence-electron chi connectivity index (χ0n) is 8.86. The molecule has 5 nitrogen and oxygen atoms in total. The molecule has 1 aliphatic rings. The Morgan fingerprint density at radius 3 is 2.80 bits per heavy atom. The maximum absolute atomic E-state index is 11.6. The number of carboxylic acid groups (broad SMARTS) is 1. The lowest BCUT2D eigenvalue weighted by Gasteiger charge is -2.23. The number of ether oxygens (including phenoxy) is 1. The van der Waals surface area contributed by atoms with Gasteiger partial charge in [0, 0.05) is 12.6 Å². The van der Waals surface area contributed by atoms with Gasteiger partial charge in [-0.1, -0.05) is 0 Å². The number of carbonyl (C=O) groups is 2. The van der Waals surface area contributed by atoms with Gasteiger partial charge in [-0.05, 0) is 26.2 Å². The number of carboxylic acids is 1. The normalized spacial score (nSPS) is 23.1. The number of amides is 1. The van der Waals surface area contributed by atoms with Crippen LogP contribution in [0.3, 0.4) is 0 Å². The van der Waals surface area contributed by atoms with Gasteiger partial charge < -0.3 is 15.2 Å². The van der Waals surface area contributed by atoms with Crippen molar-refractivity contribution in [3.05, 3.63) is 0 Å². The molecular formula is C10H17NO4. The Morgan fingerprint density at radius 2 is 2.27 bits per heavy atom. The molecule has 0 bridgehead atoms. The van der Waals surface area contributed by atoms with E-state index in [0.29, 0.717) is 6.61 Å². The second kappa shape index (κ2) is 5.70. The van der Waals surface area contributed by atoms with Crippen molar-refractivity contribution in [3.8, 4) is 0 Å². The maximum Gasteiger partial charge on any atom is 0.305 e. The highest BCUT2D eigenvalue weighted by Crippen LogP contribution is 2.12. The molecule has 1 aliphatic heterocycles. The largest absolute Gasteiger partial charge is 0.481 e. The zero-order valence-corrected chi connectivity index (χ0v) is 8.86. The molecule has 0 saturated carbocycles. The molecule has 1 fully saturated rings. The molecule has 2 N–H and O–H groups in total. The highest BCUT2D eigenvalue weighted by Gasteiger charge is 2.23. The Bertz CT molecular complexity index is 236. The van der Waals surface area contributed by atoms with E-state index in [0.717, 1.165) is 19.3 Å². The molecule has 5 heteroatoms. The molecule has 2 atom stereocenters. The number of carbonyl (C=O) groups excluding carboxylic acids is 1. The first-order valence-corrected chi connectivity index (χ1v) is 5.23. The van der Waals surface area contributed by atoms with Crippen molar-refractivity contribution in [1.29, 1.82) is 0 Å². The summed E-state index contributed by atoms with van der Waals surface area (Å²) in [5.74, 6) is -1.10. The van der Waals surface area contributed by atoms with Gasteiger partial charge in [-0.15, -0.1) is 0 Å². The summed E-state index contributed by atoms with van der Waals surface area (Å²) in [4.78, 5) is 21.9. The van der Waals surface area contributed by atoms with E-state index in [9.17, 15) is 9.59 Å². The first-order chi connectivity index (χ1) is 7.09. The SMILES string of the molecule is CC(CC(=O)O)NC(=O)C1CCCCO1. The van der Waals surface area contributed by atoms with E-state index in [4.69, 9.17) is 9.84 Å². The van der Waals surface area contributed by atoms with E-state index >= 15 is 0 Å². The van der Waals surface area contributed by atoms with Crippen LogP contribution in [0, 0.1) is 0 Å². The van der Waals surface area contributed by atoms with Gasteiger partial charge in [0.15, 0.2) is 0 Å². The van der Waals surface area contributed by atoms with Gasteiger partial charge in [0.05, 0.1) is 6.42 Å².